The molecule has 3 unspecified atom stereocenters. The Balaban J connectivity index is 5.23. The number of aliphatic hydroxyl groups is 1. The lowest BCUT2D eigenvalue weighted by atomic mass is 10.00. The molecule has 95 heavy (non-hydrogen) atoms. The minimum atomic E-state index is -4.96. The molecule has 0 aliphatic carbocycles. The fraction of sp³-hybridized carbons (Fsp3) is 0.947. The van der Waals surface area contributed by atoms with Crippen LogP contribution >= 0.6 is 15.6 Å². The Labute approximate surface area is 581 Å². The highest BCUT2D eigenvalue weighted by molar-refractivity contribution is 7.47. The molecular weight excluding hydrogens is 1250 g/mol. The second-order valence-corrected chi connectivity index (χ2v) is 30.5. The van der Waals surface area contributed by atoms with Crippen molar-refractivity contribution in [1.82, 2.24) is 0 Å². The van der Waals surface area contributed by atoms with Crippen LogP contribution in [0.1, 0.15) is 401 Å². The van der Waals surface area contributed by atoms with E-state index in [1.54, 1.807) is 0 Å². The van der Waals surface area contributed by atoms with Gasteiger partial charge < -0.3 is 33.8 Å². The van der Waals surface area contributed by atoms with E-state index in [1.165, 1.54) is 218 Å². The van der Waals surface area contributed by atoms with Crippen molar-refractivity contribution >= 4 is 39.5 Å². The zero-order valence-corrected chi connectivity index (χ0v) is 63.6. The first-order valence-corrected chi connectivity index (χ1v) is 42.7. The average molecular weight is 1400 g/mol. The summed E-state index contributed by atoms with van der Waals surface area (Å²) in [4.78, 5) is 72.8. The van der Waals surface area contributed by atoms with E-state index in [0.29, 0.717) is 25.7 Å². The minimum Gasteiger partial charge on any atom is -0.462 e. The SMILES string of the molecule is CCCCCCCCCCCCCCCCCCCC(=O)OC[C@H](COP(=O)(O)OC[C@@H](O)COP(=O)(O)OC[C@@H](COC(=O)CCCCCCCCC(C)CC)OC(=O)CCCCCCCCCCCCC)OC(=O)CCCCCCCCCCCCCCCCCCC. The number of aliphatic hydroxyl groups excluding tert-OH is 1. The first kappa shape index (κ1) is 93.1. The molecule has 17 nitrogen and oxygen atoms in total. The van der Waals surface area contributed by atoms with Gasteiger partial charge in [0.05, 0.1) is 26.4 Å². The van der Waals surface area contributed by atoms with Gasteiger partial charge in [-0.25, -0.2) is 9.13 Å². The minimum absolute atomic E-state index is 0.106. The number of esters is 4. The van der Waals surface area contributed by atoms with Gasteiger partial charge in [0.2, 0.25) is 0 Å². The predicted molar refractivity (Wildman–Crippen MR) is 386 cm³/mol. The van der Waals surface area contributed by atoms with Gasteiger partial charge >= 0.3 is 39.5 Å². The molecule has 0 saturated heterocycles. The van der Waals surface area contributed by atoms with Crippen molar-refractivity contribution in [1.29, 1.82) is 0 Å². The van der Waals surface area contributed by atoms with Crippen molar-refractivity contribution in [2.75, 3.05) is 39.6 Å². The molecule has 0 amide bonds. The highest BCUT2D eigenvalue weighted by Crippen LogP contribution is 2.45. The smallest absolute Gasteiger partial charge is 0.462 e. The second kappa shape index (κ2) is 69.2. The number of carbonyl (C=O) groups is 4. The van der Waals surface area contributed by atoms with E-state index in [0.717, 1.165) is 102 Å². The van der Waals surface area contributed by atoms with Gasteiger partial charge in [-0.15, -0.1) is 0 Å². The molecule has 3 N–H and O–H groups in total. The van der Waals surface area contributed by atoms with Crippen LogP contribution in [-0.2, 0) is 65.4 Å². The lowest BCUT2D eigenvalue weighted by molar-refractivity contribution is -0.161. The van der Waals surface area contributed by atoms with Crippen LogP contribution in [-0.4, -0.2) is 96.7 Å². The largest absolute Gasteiger partial charge is 0.472 e. The van der Waals surface area contributed by atoms with Gasteiger partial charge in [0.25, 0.3) is 0 Å². The zero-order chi connectivity index (χ0) is 69.8. The topological polar surface area (TPSA) is 237 Å². The summed E-state index contributed by atoms with van der Waals surface area (Å²) in [5.41, 5.74) is 0. The van der Waals surface area contributed by atoms with Crippen molar-refractivity contribution in [2.24, 2.45) is 5.92 Å². The molecule has 0 aromatic carbocycles. The molecule has 0 fully saturated rings. The molecule has 0 heterocycles. The van der Waals surface area contributed by atoms with Crippen LogP contribution in [0, 0.1) is 5.92 Å². The van der Waals surface area contributed by atoms with E-state index in [1.807, 2.05) is 0 Å². The standard InChI is InChI=1S/C76H148O17P2/c1-6-10-13-16-19-22-25-27-29-31-33-35-38-40-43-49-54-59-73(78)86-65-71(92-76(81)62-57-52-45-42-39-36-34-32-30-28-26-23-20-17-14-11-7-2)67-90-94(82,83)88-63-70(77)64-89-95(84,85)91-68-72(66-87-74(79)60-55-50-47-46-48-53-58-69(5)9-4)93-75(80)61-56-51-44-41-37-24-21-18-15-12-8-3/h69-72,77H,6-68H2,1-5H3,(H,82,83)(H,84,85)/t69?,70-,71-,72-/m1/s1. The van der Waals surface area contributed by atoms with E-state index in [9.17, 15) is 43.2 Å². The third-order valence-corrected chi connectivity index (χ3v) is 20.0. The van der Waals surface area contributed by atoms with Gasteiger partial charge in [-0.1, -0.05) is 349 Å². The van der Waals surface area contributed by atoms with Gasteiger partial charge in [0.15, 0.2) is 12.2 Å². The number of rotatable bonds is 76. The number of ether oxygens (including phenoxy) is 4. The quantitative estimate of drug-likeness (QED) is 0.0222. The molecule has 0 bridgehead atoms. The molecule has 0 aromatic heterocycles. The molecular formula is C76H148O17P2. The Kier molecular flexibility index (Phi) is 67.7. The molecule has 19 heteroatoms. The fourth-order valence-electron chi connectivity index (χ4n) is 11.7. The van der Waals surface area contributed by atoms with Gasteiger partial charge in [0.1, 0.15) is 19.3 Å². The Morgan fingerprint density at radius 2 is 0.505 bits per heavy atom. The maximum atomic E-state index is 13.1. The molecule has 0 saturated carbocycles. The first-order valence-electron chi connectivity index (χ1n) is 39.7. The van der Waals surface area contributed by atoms with E-state index in [4.69, 9.17) is 37.0 Å². The summed E-state index contributed by atoms with van der Waals surface area (Å²) in [6, 6.07) is 0. The van der Waals surface area contributed by atoms with Crippen LogP contribution in [0.25, 0.3) is 0 Å². The summed E-state index contributed by atoms with van der Waals surface area (Å²) in [5.74, 6) is -1.38. The number of phosphoric acid groups is 2. The fourth-order valence-corrected chi connectivity index (χ4v) is 13.3. The molecule has 0 aliphatic heterocycles. The molecule has 0 rings (SSSR count). The number of carbonyl (C=O) groups excluding carboxylic acids is 4. The van der Waals surface area contributed by atoms with Crippen LogP contribution in [0.3, 0.4) is 0 Å². The predicted octanol–water partition coefficient (Wildman–Crippen LogP) is 22.5. The van der Waals surface area contributed by atoms with Crippen molar-refractivity contribution in [2.45, 2.75) is 419 Å². The maximum Gasteiger partial charge on any atom is 0.472 e. The average Bonchev–Trinajstić information content (AvgIpc) is 1.69. The summed E-state index contributed by atoms with van der Waals surface area (Å²) in [6.45, 7) is 7.25. The third kappa shape index (κ3) is 69.0. The van der Waals surface area contributed by atoms with E-state index in [2.05, 4.69) is 34.6 Å². The lowest BCUT2D eigenvalue weighted by Gasteiger charge is -2.21. The number of hydrogen-bond donors (Lipinski definition) is 3. The Morgan fingerprint density at radius 3 is 0.747 bits per heavy atom. The summed E-state index contributed by atoms with van der Waals surface area (Å²) >= 11 is 0. The summed E-state index contributed by atoms with van der Waals surface area (Å²) < 4.78 is 68.5. The highest BCUT2D eigenvalue weighted by Gasteiger charge is 2.30. The van der Waals surface area contributed by atoms with Crippen molar-refractivity contribution < 1.29 is 80.2 Å². The van der Waals surface area contributed by atoms with E-state index in [-0.39, 0.29) is 25.7 Å². The number of phosphoric ester groups is 2. The lowest BCUT2D eigenvalue weighted by Crippen LogP contribution is -2.30. The van der Waals surface area contributed by atoms with Crippen LogP contribution < -0.4 is 0 Å². The maximum absolute atomic E-state index is 13.1. The third-order valence-electron chi connectivity index (χ3n) is 18.1. The molecule has 0 spiro atoms. The molecule has 564 valence electrons. The van der Waals surface area contributed by atoms with E-state index >= 15 is 0 Å². The van der Waals surface area contributed by atoms with Crippen LogP contribution in [0.15, 0.2) is 0 Å². The monoisotopic (exact) mass is 1400 g/mol. The van der Waals surface area contributed by atoms with Gasteiger partial charge in [0, 0.05) is 25.7 Å². The second-order valence-electron chi connectivity index (χ2n) is 27.6. The van der Waals surface area contributed by atoms with Crippen molar-refractivity contribution in [3.8, 4) is 0 Å². The van der Waals surface area contributed by atoms with Gasteiger partial charge in [-0.05, 0) is 31.6 Å². The Morgan fingerprint density at radius 1 is 0.295 bits per heavy atom. The first-order chi connectivity index (χ1) is 46.1. The van der Waals surface area contributed by atoms with Crippen LogP contribution in [0.5, 0.6) is 0 Å². The van der Waals surface area contributed by atoms with Crippen molar-refractivity contribution in [3.63, 3.8) is 0 Å². The molecule has 0 radical (unpaired) electrons. The van der Waals surface area contributed by atoms with Crippen LogP contribution in [0.4, 0.5) is 0 Å². The van der Waals surface area contributed by atoms with E-state index < -0.39 is 97.5 Å². The zero-order valence-electron chi connectivity index (χ0n) is 61.8. The Bertz CT molecular complexity index is 1820. The molecule has 0 aromatic rings. The highest BCUT2D eigenvalue weighted by atomic mass is 31.2. The number of unbranched alkanes of at least 4 members (excludes halogenated alkanes) is 47. The summed E-state index contributed by atoms with van der Waals surface area (Å²) in [6.07, 6.45) is 58.2. The summed E-state index contributed by atoms with van der Waals surface area (Å²) in [5, 5.41) is 10.6. The normalized spacial score (nSPS) is 14.2. The Hall–Kier alpha value is -1.94. The molecule has 0 aliphatic rings. The summed E-state index contributed by atoms with van der Waals surface area (Å²) in [7, 11) is -9.91. The molecule has 6 atom stereocenters. The van der Waals surface area contributed by atoms with Gasteiger partial charge in [-0.3, -0.25) is 37.3 Å². The van der Waals surface area contributed by atoms with Gasteiger partial charge in [-0.2, -0.15) is 0 Å². The number of hydrogen-bond acceptors (Lipinski definition) is 15. The van der Waals surface area contributed by atoms with Crippen molar-refractivity contribution in [3.05, 3.63) is 0 Å². The van der Waals surface area contributed by atoms with Crippen LogP contribution in [0.2, 0.25) is 0 Å².